The van der Waals surface area contributed by atoms with E-state index in [0.717, 1.165) is 6.42 Å². The summed E-state index contributed by atoms with van der Waals surface area (Å²) in [5, 5.41) is 11.7. The molecule has 0 radical (unpaired) electrons. The van der Waals surface area contributed by atoms with Crippen LogP contribution in [-0.4, -0.2) is 37.7 Å². The number of sulfone groups is 1. The van der Waals surface area contributed by atoms with Gasteiger partial charge in [0.05, 0.1) is 16.1 Å². The maximum Gasteiger partial charge on any atom is 0.311 e. The Morgan fingerprint density at radius 3 is 2.30 bits per heavy atom. The Kier molecular flexibility index (Phi) is 5.09. The number of aliphatic carboxylic acids is 1. The summed E-state index contributed by atoms with van der Waals surface area (Å²) in [6.45, 7) is 2.02. The largest absolute Gasteiger partial charge is 0.481 e. The van der Waals surface area contributed by atoms with E-state index in [2.05, 4.69) is 5.32 Å². The summed E-state index contributed by atoms with van der Waals surface area (Å²) in [7, 11) is -3.31. The lowest BCUT2D eigenvalue weighted by Crippen LogP contribution is -2.34. The zero-order valence-electron chi connectivity index (χ0n) is 13.0. The summed E-state index contributed by atoms with van der Waals surface area (Å²) < 4.78 is 24.1. The summed E-state index contributed by atoms with van der Waals surface area (Å²) in [6, 6.07) is 5.75. The van der Waals surface area contributed by atoms with Crippen molar-refractivity contribution in [1.29, 1.82) is 0 Å². The summed E-state index contributed by atoms with van der Waals surface area (Å²) in [5.41, 5.74) is -0.500. The SMILES string of the molecule is CCCCS(=O)(=O)c1ccc(C(=O)NCC2(C(=O)O)CC2)cc1. The van der Waals surface area contributed by atoms with Crippen LogP contribution in [0.25, 0.3) is 0 Å². The molecule has 0 spiro atoms. The lowest BCUT2D eigenvalue weighted by atomic mass is 10.1. The van der Waals surface area contributed by atoms with Gasteiger partial charge in [-0.3, -0.25) is 9.59 Å². The van der Waals surface area contributed by atoms with Gasteiger partial charge >= 0.3 is 5.97 Å². The summed E-state index contributed by atoms with van der Waals surface area (Å²) >= 11 is 0. The Morgan fingerprint density at radius 2 is 1.83 bits per heavy atom. The van der Waals surface area contributed by atoms with Gasteiger partial charge in [-0.2, -0.15) is 0 Å². The average Bonchev–Trinajstić information content (AvgIpc) is 3.32. The van der Waals surface area contributed by atoms with Crippen LogP contribution in [0.1, 0.15) is 43.0 Å². The van der Waals surface area contributed by atoms with Crippen LogP contribution in [0.15, 0.2) is 29.2 Å². The minimum absolute atomic E-state index is 0.0934. The van der Waals surface area contributed by atoms with Crippen molar-refractivity contribution in [2.75, 3.05) is 12.3 Å². The molecule has 1 aliphatic carbocycles. The summed E-state index contributed by atoms with van der Waals surface area (Å²) in [6.07, 6.45) is 2.53. The molecule has 1 saturated carbocycles. The van der Waals surface area contributed by atoms with E-state index in [1.165, 1.54) is 24.3 Å². The molecule has 0 heterocycles. The molecule has 126 valence electrons. The number of nitrogens with one attached hydrogen (secondary N) is 1. The molecule has 23 heavy (non-hydrogen) atoms. The Hall–Kier alpha value is -1.89. The lowest BCUT2D eigenvalue weighted by molar-refractivity contribution is -0.143. The smallest absolute Gasteiger partial charge is 0.311 e. The van der Waals surface area contributed by atoms with E-state index in [1.54, 1.807) is 0 Å². The van der Waals surface area contributed by atoms with E-state index < -0.39 is 27.1 Å². The predicted octanol–water partition coefficient (Wildman–Crippen LogP) is 1.85. The molecule has 0 atom stereocenters. The standard InChI is InChI=1S/C16H21NO5S/c1-2-3-10-23(21,22)13-6-4-12(5-7-13)14(18)17-11-16(8-9-16)15(19)20/h4-7H,2-3,8-11H2,1H3,(H,17,18)(H,19,20). The Balaban J connectivity index is 1.99. The first-order valence-corrected chi connectivity index (χ1v) is 9.30. The van der Waals surface area contributed by atoms with Gasteiger partial charge in [0.15, 0.2) is 9.84 Å². The number of carboxylic acids is 1. The van der Waals surface area contributed by atoms with Crippen LogP contribution >= 0.6 is 0 Å². The molecule has 1 fully saturated rings. The zero-order chi connectivity index (χ0) is 17.1. The number of carbonyl (C=O) groups is 2. The monoisotopic (exact) mass is 339 g/mol. The van der Waals surface area contributed by atoms with E-state index in [0.29, 0.717) is 24.8 Å². The minimum atomic E-state index is -3.31. The molecular formula is C16H21NO5S. The number of benzene rings is 1. The molecule has 0 aliphatic heterocycles. The first kappa shape index (κ1) is 17.5. The van der Waals surface area contributed by atoms with Crippen molar-refractivity contribution in [3.05, 3.63) is 29.8 Å². The van der Waals surface area contributed by atoms with Crippen LogP contribution in [-0.2, 0) is 14.6 Å². The van der Waals surface area contributed by atoms with Gasteiger partial charge in [-0.15, -0.1) is 0 Å². The number of hydrogen-bond acceptors (Lipinski definition) is 4. The van der Waals surface area contributed by atoms with Crippen LogP contribution in [0.4, 0.5) is 0 Å². The van der Waals surface area contributed by atoms with Crippen molar-refractivity contribution in [2.24, 2.45) is 5.41 Å². The maximum absolute atomic E-state index is 12.0. The van der Waals surface area contributed by atoms with Gasteiger partial charge in [0, 0.05) is 12.1 Å². The first-order valence-electron chi connectivity index (χ1n) is 7.65. The quantitative estimate of drug-likeness (QED) is 0.753. The molecule has 0 unspecified atom stereocenters. The highest BCUT2D eigenvalue weighted by Crippen LogP contribution is 2.45. The first-order chi connectivity index (χ1) is 10.8. The van der Waals surface area contributed by atoms with Gasteiger partial charge in [0.25, 0.3) is 5.91 Å². The Morgan fingerprint density at radius 1 is 1.22 bits per heavy atom. The normalized spacial score (nSPS) is 15.9. The van der Waals surface area contributed by atoms with E-state index >= 15 is 0 Å². The third-order valence-corrected chi connectivity index (χ3v) is 5.95. The average molecular weight is 339 g/mol. The maximum atomic E-state index is 12.0. The van der Waals surface area contributed by atoms with Gasteiger partial charge in [-0.25, -0.2) is 8.42 Å². The predicted molar refractivity (Wildman–Crippen MR) is 85.0 cm³/mol. The summed E-state index contributed by atoms with van der Waals surface area (Å²) in [4.78, 5) is 23.3. The molecule has 1 aliphatic rings. The van der Waals surface area contributed by atoms with Crippen LogP contribution < -0.4 is 5.32 Å². The van der Waals surface area contributed by atoms with Crippen molar-refractivity contribution in [3.63, 3.8) is 0 Å². The number of carbonyl (C=O) groups excluding carboxylic acids is 1. The topological polar surface area (TPSA) is 101 Å². The Labute approximate surface area is 135 Å². The summed E-state index contributed by atoms with van der Waals surface area (Å²) in [5.74, 6) is -1.19. The fourth-order valence-corrected chi connectivity index (χ4v) is 3.69. The number of amides is 1. The molecule has 1 aromatic rings. The van der Waals surface area contributed by atoms with E-state index in [4.69, 9.17) is 5.11 Å². The van der Waals surface area contributed by atoms with Crippen LogP contribution in [0.5, 0.6) is 0 Å². The molecule has 6 nitrogen and oxygen atoms in total. The number of unbranched alkanes of at least 4 members (excludes halogenated alkanes) is 1. The fourth-order valence-electron chi connectivity index (χ4n) is 2.23. The van der Waals surface area contributed by atoms with Crippen molar-refractivity contribution in [1.82, 2.24) is 5.32 Å². The van der Waals surface area contributed by atoms with Crippen molar-refractivity contribution in [2.45, 2.75) is 37.5 Å². The van der Waals surface area contributed by atoms with Crippen LogP contribution in [0, 0.1) is 5.41 Å². The molecule has 2 rings (SSSR count). The van der Waals surface area contributed by atoms with Gasteiger partial charge in [0.2, 0.25) is 0 Å². The highest BCUT2D eigenvalue weighted by molar-refractivity contribution is 7.91. The molecule has 1 aromatic carbocycles. The molecule has 0 bridgehead atoms. The van der Waals surface area contributed by atoms with E-state index in [1.807, 2.05) is 6.92 Å². The van der Waals surface area contributed by atoms with Crippen molar-refractivity contribution < 1.29 is 23.1 Å². The minimum Gasteiger partial charge on any atom is -0.481 e. The van der Waals surface area contributed by atoms with Crippen molar-refractivity contribution >= 4 is 21.7 Å². The lowest BCUT2D eigenvalue weighted by Gasteiger charge is -2.11. The van der Waals surface area contributed by atoms with Gasteiger partial charge < -0.3 is 10.4 Å². The number of hydrogen-bond donors (Lipinski definition) is 2. The fraction of sp³-hybridized carbons (Fsp3) is 0.500. The second-order valence-corrected chi connectivity index (χ2v) is 8.07. The molecule has 1 amide bonds. The second kappa shape index (κ2) is 6.70. The van der Waals surface area contributed by atoms with Gasteiger partial charge in [0.1, 0.15) is 0 Å². The third kappa shape index (κ3) is 4.10. The van der Waals surface area contributed by atoms with E-state index in [-0.39, 0.29) is 17.2 Å². The van der Waals surface area contributed by atoms with Crippen molar-refractivity contribution in [3.8, 4) is 0 Å². The molecule has 0 saturated heterocycles. The molecule has 0 aromatic heterocycles. The van der Waals surface area contributed by atoms with E-state index in [9.17, 15) is 18.0 Å². The van der Waals surface area contributed by atoms with Gasteiger partial charge in [-0.1, -0.05) is 13.3 Å². The van der Waals surface area contributed by atoms with Crippen LogP contribution in [0.2, 0.25) is 0 Å². The molecule has 7 heteroatoms. The number of carboxylic acid groups (broad SMARTS) is 1. The van der Waals surface area contributed by atoms with Gasteiger partial charge in [-0.05, 0) is 43.5 Å². The zero-order valence-corrected chi connectivity index (χ0v) is 13.9. The van der Waals surface area contributed by atoms with Crippen LogP contribution in [0.3, 0.4) is 0 Å². The highest BCUT2D eigenvalue weighted by Gasteiger charge is 2.50. The third-order valence-electron chi connectivity index (χ3n) is 4.14. The number of rotatable bonds is 8. The highest BCUT2D eigenvalue weighted by atomic mass is 32.2. The Bertz CT molecular complexity index is 690. The molecule has 2 N–H and O–H groups in total. The second-order valence-electron chi connectivity index (χ2n) is 5.96. The molecular weight excluding hydrogens is 318 g/mol.